The molecule has 3 aromatic rings. The van der Waals surface area contributed by atoms with Gasteiger partial charge in [-0.15, -0.1) is 6.58 Å². The Labute approximate surface area is 219 Å². The molecule has 0 atom stereocenters. The largest absolute Gasteiger partial charge is 0.504 e. The number of hydrogen-bond donors (Lipinski definition) is 3. The number of carbonyl (C=O) groups is 1. The van der Waals surface area contributed by atoms with Crippen LogP contribution in [0.5, 0.6) is 11.5 Å². The molecule has 0 aliphatic rings. The van der Waals surface area contributed by atoms with Crippen molar-refractivity contribution in [2.45, 2.75) is 12.6 Å². The van der Waals surface area contributed by atoms with Crippen LogP contribution in [0.1, 0.15) is 21.5 Å². The third-order valence-corrected chi connectivity index (χ3v) is 4.94. The van der Waals surface area contributed by atoms with Crippen molar-refractivity contribution in [1.29, 1.82) is 0 Å². The first-order valence-corrected chi connectivity index (χ1v) is 11.6. The van der Waals surface area contributed by atoms with Crippen LogP contribution >= 0.6 is 0 Å². The second-order valence-electron chi connectivity index (χ2n) is 7.72. The number of aromatic hydroxyl groups is 1. The summed E-state index contributed by atoms with van der Waals surface area (Å²) in [6, 6.07) is 16.3. The van der Waals surface area contributed by atoms with Crippen molar-refractivity contribution in [3.63, 3.8) is 0 Å². The van der Waals surface area contributed by atoms with Crippen molar-refractivity contribution >= 4 is 17.3 Å². The number of halogens is 3. The van der Waals surface area contributed by atoms with Crippen molar-refractivity contribution in [3.8, 4) is 11.5 Å². The number of aliphatic hydroxyl groups excluding tert-OH is 1. The number of alkyl halides is 3. The number of methoxy groups -OCH3 is 1. The maximum absolute atomic E-state index is 12.8. The monoisotopic (exact) mass is 533 g/mol. The molecule has 0 aliphatic heterocycles. The number of phenolic OH excluding ortho intramolecular Hbond substituents is 1. The Morgan fingerprint density at radius 1 is 1.03 bits per heavy atom. The third kappa shape index (κ3) is 9.79. The highest BCUT2D eigenvalue weighted by Crippen LogP contribution is 2.32. The summed E-state index contributed by atoms with van der Waals surface area (Å²) in [5.74, 6) is 0.0485. The zero-order chi connectivity index (χ0) is 28.0. The second kappa shape index (κ2) is 15.3. The van der Waals surface area contributed by atoms with E-state index in [1.165, 1.54) is 25.3 Å². The number of esters is 1. The highest BCUT2D eigenvalue weighted by molar-refractivity contribution is 5.96. The van der Waals surface area contributed by atoms with Gasteiger partial charge < -0.3 is 29.7 Å². The summed E-state index contributed by atoms with van der Waals surface area (Å²) in [4.78, 5) is 12.2. The zero-order valence-corrected chi connectivity index (χ0v) is 20.8. The quantitative estimate of drug-likeness (QED) is 0.164. The Hall–Kier alpha value is -4.02. The van der Waals surface area contributed by atoms with Crippen LogP contribution in [0.4, 0.5) is 24.5 Å². The summed E-state index contributed by atoms with van der Waals surface area (Å²) in [5.41, 5.74) is 1.01. The molecule has 0 fully saturated rings. The van der Waals surface area contributed by atoms with E-state index in [1.54, 1.807) is 30.3 Å². The molecule has 0 heterocycles. The van der Waals surface area contributed by atoms with E-state index in [1.807, 2.05) is 12.1 Å². The molecule has 0 unspecified atom stereocenters. The number of allylic oxidation sites excluding steroid dienone is 1. The van der Waals surface area contributed by atoms with Crippen molar-refractivity contribution in [3.05, 3.63) is 96.1 Å². The molecule has 0 aliphatic carbocycles. The molecule has 10 heteroatoms. The van der Waals surface area contributed by atoms with E-state index in [2.05, 4.69) is 11.9 Å². The van der Waals surface area contributed by atoms with Crippen LogP contribution in [0.15, 0.2) is 79.4 Å². The van der Waals surface area contributed by atoms with Gasteiger partial charge in [-0.2, -0.15) is 13.2 Å². The summed E-state index contributed by atoms with van der Waals surface area (Å²) in [5, 5.41) is 20.7. The minimum atomic E-state index is -4.45. The molecule has 0 saturated heterocycles. The average molecular weight is 534 g/mol. The molecule has 3 rings (SSSR count). The van der Waals surface area contributed by atoms with Crippen LogP contribution in [-0.2, 0) is 22.1 Å². The zero-order valence-electron chi connectivity index (χ0n) is 20.8. The number of nitrogens with one attached hydrogen (secondary N) is 1. The standard InChI is InChI=1S/C18H18F3NO4.C10H12O2/c19-18(20,21)13-4-3-5-14(12-13)22-16-7-2-1-6-15(16)17(24)26-11-10-25-9-8-23;1-3-4-8-5-6-9(11)10(7-8)12-2/h1-7,12,22-23H,8-11H2;3,5-7,11H,1,4H2,2H3. The van der Waals surface area contributed by atoms with E-state index in [9.17, 15) is 23.1 Å². The van der Waals surface area contributed by atoms with Crippen LogP contribution in [0, 0.1) is 0 Å². The highest BCUT2D eigenvalue weighted by Gasteiger charge is 2.30. The number of phenols is 1. The first kappa shape index (κ1) is 30.2. The fourth-order valence-electron chi connectivity index (χ4n) is 3.15. The Bertz CT molecular complexity index is 1180. The molecule has 0 aromatic heterocycles. The first-order valence-electron chi connectivity index (χ1n) is 11.6. The molecular weight excluding hydrogens is 503 g/mol. The van der Waals surface area contributed by atoms with Crippen molar-refractivity contribution in [2.24, 2.45) is 0 Å². The minimum absolute atomic E-state index is 0.00325. The lowest BCUT2D eigenvalue weighted by Crippen LogP contribution is -2.13. The van der Waals surface area contributed by atoms with E-state index < -0.39 is 17.7 Å². The van der Waals surface area contributed by atoms with Gasteiger partial charge in [-0.1, -0.05) is 30.3 Å². The number of benzene rings is 3. The third-order valence-electron chi connectivity index (χ3n) is 4.94. The molecule has 0 radical (unpaired) electrons. The van der Waals surface area contributed by atoms with Crippen LogP contribution in [0.2, 0.25) is 0 Å². The lowest BCUT2D eigenvalue weighted by molar-refractivity contribution is -0.137. The fourth-order valence-corrected chi connectivity index (χ4v) is 3.15. The average Bonchev–Trinajstić information content (AvgIpc) is 2.90. The molecule has 0 bridgehead atoms. The molecule has 3 N–H and O–H groups in total. The number of anilines is 2. The highest BCUT2D eigenvalue weighted by atomic mass is 19.4. The van der Waals surface area contributed by atoms with Gasteiger partial charge in [-0.25, -0.2) is 4.79 Å². The van der Waals surface area contributed by atoms with Gasteiger partial charge in [0, 0.05) is 5.69 Å². The van der Waals surface area contributed by atoms with Gasteiger partial charge in [-0.3, -0.25) is 0 Å². The number of aliphatic hydroxyl groups is 1. The molecule has 7 nitrogen and oxygen atoms in total. The summed E-state index contributed by atoms with van der Waals surface area (Å²) >= 11 is 0. The number of rotatable bonds is 11. The molecular formula is C28H30F3NO6. The van der Waals surface area contributed by atoms with E-state index in [0.717, 1.165) is 24.1 Å². The Morgan fingerprint density at radius 3 is 2.47 bits per heavy atom. The SMILES string of the molecule is C=CCc1ccc(O)c(OC)c1.O=C(OCCOCCO)c1ccccc1Nc1cccc(C(F)(F)F)c1. The van der Waals surface area contributed by atoms with Crippen molar-refractivity contribution < 1.29 is 42.4 Å². The first-order chi connectivity index (χ1) is 18.2. The lowest BCUT2D eigenvalue weighted by atomic mass is 10.1. The summed E-state index contributed by atoms with van der Waals surface area (Å²) in [6.07, 6.45) is -1.85. The van der Waals surface area contributed by atoms with Gasteiger partial charge >= 0.3 is 12.1 Å². The normalized spacial score (nSPS) is 10.7. The lowest BCUT2D eigenvalue weighted by Gasteiger charge is -2.13. The number of carbonyl (C=O) groups excluding carboxylic acids is 1. The van der Waals surface area contributed by atoms with E-state index in [4.69, 9.17) is 19.3 Å². The number of ether oxygens (including phenoxy) is 3. The Morgan fingerprint density at radius 2 is 1.79 bits per heavy atom. The van der Waals surface area contributed by atoms with Gasteiger partial charge in [0.15, 0.2) is 11.5 Å². The Kier molecular flexibility index (Phi) is 12.1. The van der Waals surface area contributed by atoms with Gasteiger partial charge in [0.25, 0.3) is 0 Å². The summed E-state index contributed by atoms with van der Waals surface area (Å²) in [6.45, 7) is 3.78. The molecule has 3 aromatic carbocycles. The molecule has 0 amide bonds. The van der Waals surface area contributed by atoms with Gasteiger partial charge in [0.2, 0.25) is 0 Å². The summed E-state index contributed by atoms with van der Waals surface area (Å²) < 4.78 is 53.4. The molecule has 204 valence electrons. The van der Waals surface area contributed by atoms with Gasteiger partial charge in [0.05, 0.1) is 43.7 Å². The van der Waals surface area contributed by atoms with Crippen molar-refractivity contribution in [1.82, 2.24) is 0 Å². The Balaban J connectivity index is 0.000000352. The molecule has 0 saturated carbocycles. The second-order valence-corrected chi connectivity index (χ2v) is 7.72. The minimum Gasteiger partial charge on any atom is -0.504 e. The topological polar surface area (TPSA) is 97.3 Å². The van der Waals surface area contributed by atoms with Crippen LogP contribution in [0.25, 0.3) is 0 Å². The van der Waals surface area contributed by atoms with Crippen LogP contribution < -0.4 is 10.1 Å². The molecule has 0 spiro atoms. The maximum Gasteiger partial charge on any atom is 0.416 e. The fraction of sp³-hybridized carbons (Fsp3) is 0.250. The van der Waals surface area contributed by atoms with Crippen LogP contribution in [-0.4, -0.2) is 49.7 Å². The predicted octanol–water partition coefficient (Wildman–Crippen LogP) is 5.74. The van der Waals surface area contributed by atoms with E-state index in [-0.39, 0.29) is 43.4 Å². The predicted molar refractivity (Wildman–Crippen MR) is 138 cm³/mol. The smallest absolute Gasteiger partial charge is 0.416 e. The summed E-state index contributed by atoms with van der Waals surface area (Å²) in [7, 11) is 1.53. The van der Waals surface area contributed by atoms with Crippen LogP contribution in [0.3, 0.4) is 0 Å². The van der Waals surface area contributed by atoms with E-state index in [0.29, 0.717) is 11.4 Å². The van der Waals surface area contributed by atoms with Gasteiger partial charge in [-0.05, 0) is 54.4 Å². The maximum atomic E-state index is 12.8. The van der Waals surface area contributed by atoms with Crippen molar-refractivity contribution in [2.75, 3.05) is 38.9 Å². The molecule has 38 heavy (non-hydrogen) atoms. The number of hydrogen-bond acceptors (Lipinski definition) is 7. The van der Waals surface area contributed by atoms with Gasteiger partial charge in [0.1, 0.15) is 6.61 Å². The number of para-hydroxylation sites is 1. The van der Waals surface area contributed by atoms with E-state index >= 15 is 0 Å².